The first kappa shape index (κ1) is 15.2. The van der Waals surface area contributed by atoms with Gasteiger partial charge in [0.05, 0.1) is 12.7 Å². The minimum absolute atomic E-state index is 0.0118. The van der Waals surface area contributed by atoms with Crippen molar-refractivity contribution in [3.8, 4) is 0 Å². The fourth-order valence-electron chi connectivity index (χ4n) is 1.43. The van der Waals surface area contributed by atoms with E-state index in [1.807, 2.05) is 6.92 Å². The van der Waals surface area contributed by atoms with E-state index >= 15 is 0 Å². The number of carbonyl (C=O) groups is 3. The van der Waals surface area contributed by atoms with E-state index in [-0.39, 0.29) is 24.7 Å². The van der Waals surface area contributed by atoms with Crippen LogP contribution in [0.25, 0.3) is 0 Å². The molecule has 0 aromatic carbocycles. The Balaban J connectivity index is 2.94. The Morgan fingerprint density at radius 2 is 2.16 bits per heavy atom. The first-order valence-electron chi connectivity index (χ1n) is 6.10. The molecule has 106 valence electrons. The lowest BCUT2D eigenvalue weighted by Crippen LogP contribution is -2.49. The maximum absolute atomic E-state index is 12.1. The molecular formula is C13H18O6. The molecule has 1 fully saturated rings. The van der Waals surface area contributed by atoms with Crippen molar-refractivity contribution in [2.24, 2.45) is 0 Å². The molecule has 1 heterocycles. The van der Waals surface area contributed by atoms with Gasteiger partial charge in [-0.15, -0.1) is 0 Å². The number of hydrogen-bond donors (Lipinski definition) is 0. The van der Waals surface area contributed by atoms with Gasteiger partial charge in [0.25, 0.3) is 0 Å². The lowest BCUT2D eigenvalue weighted by Gasteiger charge is -2.24. The minimum atomic E-state index is -1.99. The Morgan fingerprint density at radius 1 is 1.53 bits per heavy atom. The lowest BCUT2D eigenvalue weighted by molar-refractivity contribution is -0.189. The summed E-state index contributed by atoms with van der Waals surface area (Å²) in [6.07, 6.45) is 0.173. The van der Waals surface area contributed by atoms with E-state index in [1.54, 1.807) is 6.92 Å². The Morgan fingerprint density at radius 3 is 2.58 bits per heavy atom. The molecule has 0 bridgehead atoms. The van der Waals surface area contributed by atoms with E-state index in [0.717, 1.165) is 0 Å². The van der Waals surface area contributed by atoms with Gasteiger partial charge in [0.2, 0.25) is 0 Å². The Hall–Kier alpha value is -1.85. The van der Waals surface area contributed by atoms with Gasteiger partial charge in [-0.3, -0.25) is 0 Å². The highest BCUT2D eigenvalue weighted by molar-refractivity contribution is 6.07. The van der Waals surface area contributed by atoms with Crippen LogP contribution in [0.4, 0.5) is 0 Å². The van der Waals surface area contributed by atoms with E-state index in [2.05, 4.69) is 6.58 Å². The number of cyclic esters (lactones) is 1. The van der Waals surface area contributed by atoms with Gasteiger partial charge in [-0.2, -0.15) is 0 Å². The van der Waals surface area contributed by atoms with Crippen LogP contribution in [-0.2, 0) is 28.6 Å². The normalized spacial score (nSPS) is 23.4. The highest BCUT2D eigenvalue weighted by Gasteiger charge is 2.57. The van der Waals surface area contributed by atoms with Crippen molar-refractivity contribution in [1.82, 2.24) is 0 Å². The molecule has 1 rings (SSSR count). The van der Waals surface area contributed by atoms with Gasteiger partial charge < -0.3 is 14.2 Å². The molecule has 1 aliphatic rings. The molecule has 1 saturated heterocycles. The molecule has 0 saturated carbocycles. The Labute approximate surface area is 111 Å². The Kier molecular flexibility index (Phi) is 4.69. The second-order valence-corrected chi connectivity index (χ2v) is 4.51. The molecule has 19 heavy (non-hydrogen) atoms. The summed E-state index contributed by atoms with van der Waals surface area (Å²) in [5.41, 5.74) is -1.89. The average Bonchev–Trinajstić information content (AvgIpc) is 2.71. The van der Waals surface area contributed by atoms with Gasteiger partial charge in [-0.05, 0) is 20.3 Å². The number of hydrogen-bond acceptors (Lipinski definition) is 6. The van der Waals surface area contributed by atoms with Gasteiger partial charge in [-0.25, -0.2) is 14.4 Å². The third-order valence-corrected chi connectivity index (χ3v) is 2.85. The maximum atomic E-state index is 12.1. The highest BCUT2D eigenvalue weighted by atomic mass is 16.6. The first-order valence-corrected chi connectivity index (χ1v) is 6.10. The van der Waals surface area contributed by atoms with Crippen LogP contribution >= 0.6 is 0 Å². The van der Waals surface area contributed by atoms with E-state index < -0.39 is 23.5 Å². The topological polar surface area (TPSA) is 78.9 Å². The number of esters is 3. The largest absolute Gasteiger partial charge is 0.462 e. The summed E-state index contributed by atoms with van der Waals surface area (Å²) in [4.78, 5) is 35.4. The van der Waals surface area contributed by atoms with Crippen LogP contribution in [0.5, 0.6) is 0 Å². The van der Waals surface area contributed by atoms with Crippen molar-refractivity contribution in [3.05, 3.63) is 12.2 Å². The van der Waals surface area contributed by atoms with E-state index in [9.17, 15) is 14.4 Å². The van der Waals surface area contributed by atoms with E-state index in [4.69, 9.17) is 14.2 Å². The molecule has 0 spiro atoms. The quantitative estimate of drug-likeness (QED) is 0.322. The summed E-state index contributed by atoms with van der Waals surface area (Å²) in [6.45, 7) is 8.37. The number of ether oxygens (including phenoxy) is 3. The van der Waals surface area contributed by atoms with Crippen LogP contribution in [0, 0.1) is 0 Å². The molecule has 0 aliphatic carbocycles. The van der Waals surface area contributed by atoms with Gasteiger partial charge in [0, 0.05) is 12.0 Å². The lowest BCUT2D eigenvalue weighted by atomic mass is 10.0. The molecule has 0 aromatic rings. The van der Waals surface area contributed by atoms with Gasteiger partial charge in [0.15, 0.2) is 0 Å². The fourth-order valence-corrected chi connectivity index (χ4v) is 1.43. The van der Waals surface area contributed by atoms with Crippen molar-refractivity contribution in [2.45, 2.75) is 45.3 Å². The summed E-state index contributed by atoms with van der Waals surface area (Å²) in [7, 11) is 0. The molecule has 0 N–H and O–H groups in total. The summed E-state index contributed by atoms with van der Waals surface area (Å²) in [5.74, 6) is -2.60. The van der Waals surface area contributed by atoms with Gasteiger partial charge in [-0.1, -0.05) is 13.5 Å². The Bertz CT molecular complexity index is 413. The third-order valence-electron chi connectivity index (χ3n) is 2.85. The zero-order valence-electron chi connectivity index (χ0n) is 11.4. The van der Waals surface area contributed by atoms with Crippen molar-refractivity contribution in [2.75, 3.05) is 6.61 Å². The minimum Gasteiger partial charge on any atom is -0.462 e. The van der Waals surface area contributed by atoms with Crippen LogP contribution in [0.2, 0.25) is 0 Å². The van der Waals surface area contributed by atoms with Crippen molar-refractivity contribution in [3.63, 3.8) is 0 Å². The molecule has 0 amide bonds. The predicted octanol–water partition coefficient (Wildman–Crippen LogP) is 1.13. The summed E-state index contributed by atoms with van der Waals surface area (Å²) in [6, 6.07) is 0. The highest BCUT2D eigenvalue weighted by Crippen LogP contribution is 2.28. The maximum Gasteiger partial charge on any atom is 0.363 e. The predicted molar refractivity (Wildman–Crippen MR) is 65.1 cm³/mol. The fraction of sp³-hybridized carbons (Fsp3) is 0.615. The summed E-state index contributed by atoms with van der Waals surface area (Å²) >= 11 is 0. The van der Waals surface area contributed by atoms with Crippen molar-refractivity contribution in [1.29, 1.82) is 0 Å². The average molecular weight is 270 g/mol. The zero-order valence-corrected chi connectivity index (χ0v) is 11.4. The first-order chi connectivity index (χ1) is 8.83. The second kappa shape index (κ2) is 5.86. The third kappa shape index (κ3) is 3.13. The van der Waals surface area contributed by atoms with Crippen LogP contribution in [0.15, 0.2) is 12.2 Å². The van der Waals surface area contributed by atoms with Gasteiger partial charge >= 0.3 is 23.5 Å². The van der Waals surface area contributed by atoms with Crippen molar-refractivity contribution < 1.29 is 28.6 Å². The molecule has 0 radical (unpaired) electrons. The standard InChI is InChI=1S/C13H18O6/c1-5-9(4)18-12(16)13(6-7-17-11(13)15)19-10(14)8(2)3/h9H,2,5-7H2,1,3-4H3. The molecular weight excluding hydrogens is 252 g/mol. The summed E-state index contributed by atoms with van der Waals surface area (Å²) < 4.78 is 14.8. The van der Waals surface area contributed by atoms with E-state index in [1.165, 1.54) is 6.92 Å². The molecule has 2 unspecified atom stereocenters. The second-order valence-electron chi connectivity index (χ2n) is 4.51. The number of carbonyl (C=O) groups excluding carboxylic acids is 3. The molecule has 0 aromatic heterocycles. The smallest absolute Gasteiger partial charge is 0.363 e. The molecule has 1 aliphatic heterocycles. The van der Waals surface area contributed by atoms with Crippen LogP contribution in [0.3, 0.4) is 0 Å². The van der Waals surface area contributed by atoms with Gasteiger partial charge in [0.1, 0.15) is 0 Å². The van der Waals surface area contributed by atoms with Crippen LogP contribution in [0.1, 0.15) is 33.6 Å². The molecule has 6 heteroatoms. The van der Waals surface area contributed by atoms with Crippen LogP contribution in [-0.4, -0.2) is 36.2 Å². The summed E-state index contributed by atoms with van der Waals surface area (Å²) in [5, 5.41) is 0. The van der Waals surface area contributed by atoms with Crippen molar-refractivity contribution >= 4 is 17.9 Å². The SMILES string of the molecule is C=C(C)C(=O)OC1(C(=O)OC(C)CC)CCOC1=O. The van der Waals surface area contributed by atoms with E-state index in [0.29, 0.717) is 6.42 Å². The zero-order chi connectivity index (χ0) is 14.6. The monoisotopic (exact) mass is 270 g/mol. The molecule has 6 nitrogen and oxygen atoms in total. The molecule has 2 atom stereocenters. The number of rotatable bonds is 5. The van der Waals surface area contributed by atoms with Crippen LogP contribution < -0.4 is 0 Å².